The summed E-state index contributed by atoms with van der Waals surface area (Å²) in [6.45, 7) is -0.157. The van der Waals surface area contributed by atoms with Crippen LogP contribution in [0.1, 0.15) is 5.56 Å². The Hall–Kier alpha value is -3.02. The molecule has 0 aliphatic heterocycles. The van der Waals surface area contributed by atoms with Gasteiger partial charge in [0.15, 0.2) is 18.1 Å². The molecule has 0 saturated heterocycles. The van der Waals surface area contributed by atoms with E-state index in [9.17, 15) is 4.79 Å². The molecule has 2 aromatic carbocycles. The number of hydrogen-bond donors (Lipinski definition) is 1. The summed E-state index contributed by atoms with van der Waals surface area (Å²) in [6.07, 6.45) is 1.53. The summed E-state index contributed by atoms with van der Waals surface area (Å²) in [7, 11) is 3.13. The Balaban J connectivity index is 1.84. The molecule has 6 nitrogen and oxygen atoms in total. The molecule has 0 fully saturated rings. The molecule has 2 rings (SSSR count). The van der Waals surface area contributed by atoms with Crippen molar-refractivity contribution in [3.05, 3.63) is 54.1 Å². The lowest BCUT2D eigenvalue weighted by Gasteiger charge is -2.09. The highest BCUT2D eigenvalue weighted by molar-refractivity contribution is 5.83. The molecule has 2 aromatic rings. The molecular formula is C17H18N2O4. The number of hydrazone groups is 1. The fraction of sp³-hybridized carbons (Fsp3) is 0.176. The quantitative estimate of drug-likeness (QED) is 0.628. The lowest BCUT2D eigenvalue weighted by molar-refractivity contribution is -0.123. The highest BCUT2D eigenvalue weighted by Gasteiger charge is 2.05. The number of methoxy groups -OCH3 is 2. The Morgan fingerprint density at radius 2 is 1.87 bits per heavy atom. The first-order valence-electron chi connectivity index (χ1n) is 6.94. The van der Waals surface area contributed by atoms with E-state index in [1.165, 1.54) is 6.21 Å². The summed E-state index contributed by atoms with van der Waals surface area (Å²) in [4.78, 5) is 11.7. The Kier molecular flexibility index (Phi) is 5.99. The lowest BCUT2D eigenvalue weighted by atomic mass is 10.2. The minimum Gasteiger partial charge on any atom is -0.497 e. The predicted octanol–water partition coefficient (Wildman–Crippen LogP) is 2.23. The molecule has 0 heterocycles. The van der Waals surface area contributed by atoms with Gasteiger partial charge in [0.05, 0.1) is 20.4 Å². The summed E-state index contributed by atoms with van der Waals surface area (Å²) < 4.78 is 15.6. The van der Waals surface area contributed by atoms with Crippen molar-refractivity contribution in [1.29, 1.82) is 0 Å². The van der Waals surface area contributed by atoms with Gasteiger partial charge in [0.25, 0.3) is 5.91 Å². The minimum atomic E-state index is -0.366. The van der Waals surface area contributed by atoms with Crippen LogP contribution in [0.2, 0.25) is 0 Å². The lowest BCUT2D eigenvalue weighted by Crippen LogP contribution is -2.24. The number of hydrogen-bond acceptors (Lipinski definition) is 5. The second-order valence-electron chi connectivity index (χ2n) is 4.51. The number of amides is 1. The van der Waals surface area contributed by atoms with Gasteiger partial charge >= 0.3 is 0 Å². The van der Waals surface area contributed by atoms with E-state index in [-0.39, 0.29) is 12.5 Å². The topological polar surface area (TPSA) is 69.2 Å². The Labute approximate surface area is 134 Å². The Bertz CT molecular complexity index is 686. The molecule has 120 valence electrons. The van der Waals surface area contributed by atoms with Crippen molar-refractivity contribution in [3.63, 3.8) is 0 Å². The number of para-hydroxylation sites is 2. The van der Waals surface area contributed by atoms with Gasteiger partial charge in [-0.25, -0.2) is 5.43 Å². The van der Waals surface area contributed by atoms with Crippen LogP contribution in [0.3, 0.4) is 0 Å². The minimum absolute atomic E-state index is 0.157. The molecule has 23 heavy (non-hydrogen) atoms. The van der Waals surface area contributed by atoms with Gasteiger partial charge in [-0.2, -0.15) is 5.10 Å². The van der Waals surface area contributed by atoms with E-state index in [2.05, 4.69) is 10.5 Å². The molecule has 0 bridgehead atoms. The van der Waals surface area contributed by atoms with Gasteiger partial charge in [0, 0.05) is 0 Å². The van der Waals surface area contributed by atoms with Crippen LogP contribution in [0.4, 0.5) is 0 Å². The van der Waals surface area contributed by atoms with Crippen LogP contribution in [0.5, 0.6) is 17.2 Å². The number of ether oxygens (including phenoxy) is 3. The van der Waals surface area contributed by atoms with Crippen LogP contribution in [-0.4, -0.2) is 32.9 Å². The van der Waals surface area contributed by atoms with Crippen LogP contribution >= 0.6 is 0 Å². The van der Waals surface area contributed by atoms with Crippen molar-refractivity contribution >= 4 is 12.1 Å². The SMILES string of the molecule is COc1cccc(C=NNC(=O)COc2ccccc2OC)c1. The van der Waals surface area contributed by atoms with E-state index in [1.807, 2.05) is 24.3 Å². The van der Waals surface area contributed by atoms with Crippen LogP contribution in [0.25, 0.3) is 0 Å². The van der Waals surface area contributed by atoms with Gasteiger partial charge in [0.1, 0.15) is 5.75 Å². The molecule has 1 N–H and O–H groups in total. The van der Waals surface area contributed by atoms with E-state index < -0.39 is 0 Å². The van der Waals surface area contributed by atoms with Gasteiger partial charge in [-0.1, -0.05) is 24.3 Å². The Morgan fingerprint density at radius 3 is 2.61 bits per heavy atom. The third-order valence-corrected chi connectivity index (χ3v) is 2.92. The van der Waals surface area contributed by atoms with E-state index in [0.717, 1.165) is 11.3 Å². The summed E-state index contributed by atoms with van der Waals surface area (Å²) >= 11 is 0. The van der Waals surface area contributed by atoms with Crippen LogP contribution in [0, 0.1) is 0 Å². The van der Waals surface area contributed by atoms with Crippen molar-refractivity contribution in [2.45, 2.75) is 0 Å². The molecular weight excluding hydrogens is 296 g/mol. The van der Waals surface area contributed by atoms with Gasteiger partial charge in [-0.3, -0.25) is 4.79 Å². The van der Waals surface area contributed by atoms with Gasteiger partial charge in [-0.05, 0) is 29.8 Å². The zero-order chi connectivity index (χ0) is 16.5. The van der Waals surface area contributed by atoms with Crippen LogP contribution < -0.4 is 19.6 Å². The maximum Gasteiger partial charge on any atom is 0.277 e. The summed E-state index contributed by atoms with van der Waals surface area (Å²) in [6, 6.07) is 14.4. The van der Waals surface area contributed by atoms with Crippen molar-refractivity contribution in [2.75, 3.05) is 20.8 Å². The second kappa shape index (κ2) is 8.43. The third kappa shape index (κ3) is 5.03. The zero-order valence-electron chi connectivity index (χ0n) is 13.0. The zero-order valence-corrected chi connectivity index (χ0v) is 13.0. The molecule has 0 aromatic heterocycles. The molecule has 0 spiro atoms. The first-order chi connectivity index (χ1) is 11.2. The molecule has 0 aliphatic rings. The molecule has 1 amide bonds. The smallest absolute Gasteiger partial charge is 0.277 e. The van der Waals surface area contributed by atoms with Crippen LogP contribution in [0.15, 0.2) is 53.6 Å². The molecule has 0 saturated carbocycles. The van der Waals surface area contributed by atoms with E-state index in [1.54, 1.807) is 38.5 Å². The number of carbonyl (C=O) groups excluding carboxylic acids is 1. The van der Waals surface area contributed by atoms with Crippen molar-refractivity contribution in [1.82, 2.24) is 5.43 Å². The second-order valence-corrected chi connectivity index (χ2v) is 4.51. The number of carbonyl (C=O) groups is 1. The van der Waals surface area contributed by atoms with Crippen molar-refractivity contribution in [3.8, 4) is 17.2 Å². The normalized spacial score (nSPS) is 10.3. The highest BCUT2D eigenvalue weighted by atomic mass is 16.5. The Morgan fingerprint density at radius 1 is 1.09 bits per heavy atom. The van der Waals surface area contributed by atoms with E-state index in [4.69, 9.17) is 14.2 Å². The summed E-state index contributed by atoms with van der Waals surface area (Å²) in [5.74, 6) is 1.43. The predicted molar refractivity (Wildman–Crippen MR) is 87.2 cm³/mol. The van der Waals surface area contributed by atoms with Gasteiger partial charge in [-0.15, -0.1) is 0 Å². The first-order valence-corrected chi connectivity index (χ1v) is 6.94. The highest BCUT2D eigenvalue weighted by Crippen LogP contribution is 2.25. The molecule has 0 aliphatic carbocycles. The number of rotatable bonds is 7. The van der Waals surface area contributed by atoms with Crippen molar-refractivity contribution in [2.24, 2.45) is 5.10 Å². The molecule has 0 radical (unpaired) electrons. The fourth-order valence-corrected chi connectivity index (χ4v) is 1.81. The number of benzene rings is 2. The average Bonchev–Trinajstić information content (AvgIpc) is 2.60. The van der Waals surface area contributed by atoms with E-state index >= 15 is 0 Å². The largest absolute Gasteiger partial charge is 0.497 e. The van der Waals surface area contributed by atoms with Gasteiger partial charge < -0.3 is 14.2 Å². The number of nitrogens with zero attached hydrogens (tertiary/aromatic N) is 1. The summed E-state index contributed by atoms with van der Waals surface area (Å²) in [5.41, 5.74) is 3.22. The molecule has 0 unspecified atom stereocenters. The maximum atomic E-state index is 11.7. The number of nitrogens with one attached hydrogen (secondary N) is 1. The standard InChI is InChI=1S/C17H18N2O4/c1-21-14-7-5-6-13(10-14)11-18-19-17(20)12-23-16-9-4-3-8-15(16)22-2/h3-11H,12H2,1-2H3,(H,19,20). The van der Waals surface area contributed by atoms with E-state index in [0.29, 0.717) is 11.5 Å². The average molecular weight is 314 g/mol. The first kappa shape index (κ1) is 16.4. The maximum absolute atomic E-state index is 11.7. The molecule has 0 atom stereocenters. The monoisotopic (exact) mass is 314 g/mol. The van der Waals surface area contributed by atoms with Crippen molar-refractivity contribution < 1.29 is 19.0 Å². The summed E-state index contributed by atoms with van der Waals surface area (Å²) in [5, 5.41) is 3.88. The van der Waals surface area contributed by atoms with Gasteiger partial charge in [0.2, 0.25) is 0 Å². The fourth-order valence-electron chi connectivity index (χ4n) is 1.81. The van der Waals surface area contributed by atoms with Crippen LogP contribution in [-0.2, 0) is 4.79 Å². The molecule has 6 heteroatoms. The third-order valence-electron chi connectivity index (χ3n) is 2.92.